The van der Waals surface area contributed by atoms with E-state index in [9.17, 15) is 13.9 Å². The molecule has 3 rings (SSSR count). The first kappa shape index (κ1) is 13.8. The molecule has 1 aliphatic heterocycles. The van der Waals surface area contributed by atoms with E-state index in [0.717, 1.165) is 11.1 Å². The monoisotopic (exact) mass is 292 g/mol. The molecule has 21 heavy (non-hydrogen) atoms. The van der Waals surface area contributed by atoms with Crippen molar-refractivity contribution in [2.45, 2.75) is 25.2 Å². The number of aliphatic hydroxyl groups excluding tert-OH is 1. The summed E-state index contributed by atoms with van der Waals surface area (Å²) < 4.78 is 34.4. The molecule has 110 valence electrons. The summed E-state index contributed by atoms with van der Waals surface area (Å²) in [7, 11) is 0. The third kappa shape index (κ3) is 2.97. The number of hydrogen-bond acceptors (Lipinski definition) is 3. The van der Waals surface area contributed by atoms with Crippen LogP contribution in [0.15, 0.2) is 48.5 Å². The van der Waals surface area contributed by atoms with Crippen LogP contribution in [-0.2, 0) is 0 Å². The zero-order chi connectivity index (χ0) is 14.8. The second-order valence-electron chi connectivity index (χ2n) is 4.84. The Bertz CT molecular complexity index is 613. The lowest BCUT2D eigenvalue weighted by Gasteiger charge is -2.29. The summed E-state index contributed by atoms with van der Waals surface area (Å²) in [4.78, 5) is 0. The van der Waals surface area contributed by atoms with Crippen molar-refractivity contribution in [2.75, 3.05) is 0 Å². The summed E-state index contributed by atoms with van der Waals surface area (Å²) >= 11 is 0. The van der Waals surface area contributed by atoms with E-state index in [1.165, 1.54) is 12.1 Å². The van der Waals surface area contributed by atoms with Gasteiger partial charge in [-0.25, -0.2) is 0 Å². The number of benzene rings is 2. The lowest BCUT2D eigenvalue weighted by Crippen LogP contribution is -2.18. The van der Waals surface area contributed by atoms with E-state index < -0.39 is 12.7 Å². The second-order valence-corrected chi connectivity index (χ2v) is 4.84. The van der Waals surface area contributed by atoms with Crippen molar-refractivity contribution in [1.29, 1.82) is 0 Å². The molecule has 2 aromatic carbocycles. The third-order valence-corrected chi connectivity index (χ3v) is 3.46. The summed E-state index contributed by atoms with van der Waals surface area (Å²) in [5, 5.41) is 10.2. The molecule has 1 unspecified atom stereocenters. The van der Waals surface area contributed by atoms with Gasteiger partial charge in [-0.15, -0.1) is 0 Å². The fourth-order valence-electron chi connectivity index (χ4n) is 2.46. The van der Waals surface area contributed by atoms with Crippen LogP contribution in [0.5, 0.6) is 11.5 Å². The average molecular weight is 292 g/mol. The predicted molar refractivity (Wildman–Crippen MR) is 72.5 cm³/mol. The first-order valence-electron chi connectivity index (χ1n) is 6.62. The Hall–Kier alpha value is -2.14. The second kappa shape index (κ2) is 5.69. The summed E-state index contributed by atoms with van der Waals surface area (Å²) in [6, 6.07) is 13.6. The molecule has 5 heteroatoms. The number of halogens is 2. The Morgan fingerprint density at radius 1 is 1.10 bits per heavy atom. The molecule has 0 amide bonds. The minimum absolute atomic E-state index is 0.102. The Labute approximate surface area is 120 Å². The van der Waals surface area contributed by atoms with Crippen LogP contribution in [0.1, 0.15) is 29.8 Å². The van der Waals surface area contributed by atoms with Gasteiger partial charge >= 0.3 is 6.61 Å². The Morgan fingerprint density at radius 3 is 2.52 bits per heavy atom. The number of fused-ring (bicyclic) bond motifs is 1. The normalized spacial score (nSPS) is 20.8. The molecule has 0 saturated heterocycles. The topological polar surface area (TPSA) is 38.7 Å². The molecule has 2 atom stereocenters. The first-order chi connectivity index (χ1) is 10.1. The van der Waals surface area contributed by atoms with E-state index in [1.54, 1.807) is 18.2 Å². The molecular formula is C16H14F2O3. The molecule has 1 heterocycles. The largest absolute Gasteiger partial charge is 0.485 e. The van der Waals surface area contributed by atoms with Crippen molar-refractivity contribution >= 4 is 0 Å². The van der Waals surface area contributed by atoms with Gasteiger partial charge in [0.1, 0.15) is 17.6 Å². The quantitative estimate of drug-likeness (QED) is 0.934. The standard InChI is InChI=1S/C16H14F2O3/c17-16(18)20-11-7-5-10(6-8-11)15-9-13(19)12-3-1-2-4-14(12)21-15/h1-8,13,15-16,19H,9H2/t13-,15?/m0/s1. The van der Waals surface area contributed by atoms with Crippen LogP contribution < -0.4 is 9.47 Å². The number of rotatable bonds is 3. The maximum absolute atomic E-state index is 12.1. The van der Waals surface area contributed by atoms with Crippen molar-refractivity contribution in [3.05, 3.63) is 59.7 Å². The molecule has 0 aliphatic carbocycles. The van der Waals surface area contributed by atoms with Gasteiger partial charge in [0.15, 0.2) is 0 Å². The number of ether oxygens (including phenoxy) is 2. The molecule has 2 aromatic rings. The van der Waals surface area contributed by atoms with Gasteiger partial charge < -0.3 is 14.6 Å². The van der Waals surface area contributed by atoms with Gasteiger partial charge in [0.05, 0.1) is 6.10 Å². The lowest BCUT2D eigenvalue weighted by molar-refractivity contribution is -0.0498. The lowest BCUT2D eigenvalue weighted by atomic mass is 9.95. The van der Waals surface area contributed by atoms with Crippen molar-refractivity contribution < 1.29 is 23.4 Å². The summed E-state index contributed by atoms with van der Waals surface area (Å²) in [5.74, 6) is 0.750. The highest BCUT2D eigenvalue weighted by molar-refractivity contribution is 5.39. The van der Waals surface area contributed by atoms with Gasteiger partial charge in [-0.2, -0.15) is 8.78 Å². The van der Waals surface area contributed by atoms with Crippen LogP contribution in [0.25, 0.3) is 0 Å². The number of hydrogen-bond donors (Lipinski definition) is 1. The van der Waals surface area contributed by atoms with Gasteiger partial charge in [0.2, 0.25) is 0 Å². The molecule has 0 saturated carbocycles. The number of aliphatic hydroxyl groups is 1. The predicted octanol–water partition coefficient (Wildman–Crippen LogP) is 3.85. The maximum atomic E-state index is 12.1. The fraction of sp³-hybridized carbons (Fsp3) is 0.250. The molecule has 0 fully saturated rings. The highest BCUT2D eigenvalue weighted by Crippen LogP contribution is 2.40. The van der Waals surface area contributed by atoms with Gasteiger partial charge in [0, 0.05) is 12.0 Å². The van der Waals surface area contributed by atoms with Gasteiger partial charge in [-0.1, -0.05) is 30.3 Å². The average Bonchev–Trinajstić information content (AvgIpc) is 2.47. The number of para-hydroxylation sites is 1. The van der Waals surface area contributed by atoms with E-state index in [-0.39, 0.29) is 11.9 Å². The highest BCUT2D eigenvalue weighted by atomic mass is 19.3. The van der Waals surface area contributed by atoms with Crippen LogP contribution >= 0.6 is 0 Å². The Balaban J connectivity index is 1.79. The summed E-state index contributed by atoms with van der Waals surface area (Å²) in [6.07, 6.45) is -0.487. The maximum Gasteiger partial charge on any atom is 0.387 e. The minimum atomic E-state index is -2.84. The van der Waals surface area contributed by atoms with Crippen molar-refractivity contribution in [1.82, 2.24) is 0 Å². The molecule has 0 spiro atoms. The smallest absolute Gasteiger partial charge is 0.387 e. The Morgan fingerprint density at radius 2 is 1.81 bits per heavy atom. The summed E-state index contributed by atoms with van der Waals surface area (Å²) in [6.45, 7) is -2.84. The third-order valence-electron chi connectivity index (χ3n) is 3.46. The zero-order valence-corrected chi connectivity index (χ0v) is 11.1. The van der Waals surface area contributed by atoms with Crippen LogP contribution in [-0.4, -0.2) is 11.7 Å². The van der Waals surface area contributed by atoms with E-state index in [0.29, 0.717) is 12.2 Å². The minimum Gasteiger partial charge on any atom is -0.485 e. The van der Waals surface area contributed by atoms with Crippen molar-refractivity contribution in [3.63, 3.8) is 0 Å². The molecule has 3 nitrogen and oxygen atoms in total. The molecule has 1 N–H and O–H groups in total. The fourth-order valence-corrected chi connectivity index (χ4v) is 2.46. The molecule has 0 aromatic heterocycles. The van der Waals surface area contributed by atoms with E-state index in [2.05, 4.69) is 4.74 Å². The van der Waals surface area contributed by atoms with Crippen molar-refractivity contribution in [3.8, 4) is 11.5 Å². The van der Waals surface area contributed by atoms with Crippen LogP contribution in [0, 0.1) is 0 Å². The SMILES string of the molecule is O[C@H]1CC(c2ccc(OC(F)F)cc2)Oc2ccccc21. The summed E-state index contributed by atoms with van der Waals surface area (Å²) in [5.41, 5.74) is 1.58. The van der Waals surface area contributed by atoms with Crippen LogP contribution in [0.2, 0.25) is 0 Å². The highest BCUT2D eigenvalue weighted by Gasteiger charge is 2.27. The number of alkyl halides is 2. The molecule has 1 aliphatic rings. The molecule has 0 radical (unpaired) electrons. The molecule has 0 bridgehead atoms. The van der Waals surface area contributed by atoms with E-state index in [4.69, 9.17) is 4.74 Å². The van der Waals surface area contributed by atoms with Crippen LogP contribution in [0.4, 0.5) is 8.78 Å². The van der Waals surface area contributed by atoms with E-state index in [1.807, 2.05) is 18.2 Å². The zero-order valence-electron chi connectivity index (χ0n) is 11.1. The Kier molecular flexibility index (Phi) is 3.75. The molecular weight excluding hydrogens is 278 g/mol. The van der Waals surface area contributed by atoms with Crippen LogP contribution in [0.3, 0.4) is 0 Å². The van der Waals surface area contributed by atoms with E-state index >= 15 is 0 Å². The van der Waals surface area contributed by atoms with Gasteiger partial charge in [-0.05, 0) is 23.8 Å². The van der Waals surface area contributed by atoms with Crippen molar-refractivity contribution in [2.24, 2.45) is 0 Å². The van der Waals surface area contributed by atoms with Gasteiger partial charge in [-0.3, -0.25) is 0 Å². The first-order valence-corrected chi connectivity index (χ1v) is 6.62. The van der Waals surface area contributed by atoms with Gasteiger partial charge in [0.25, 0.3) is 0 Å².